The van der Waals surface area contributed by atoms with Crippen LogP contribution in [0.2, 0.25) is 5.02 Å². The molecule has 0 aromatic heterocycles. The molecule has 0 aliphatic carbocycles. The normalized spacial score (nSPS) is 22.2. The highest BCUT2D eigenvalue weighted by atomic mass is 35.5. The molecule has 1 saturated heterocycles. The van der Waals surface area contributed by atoms with E-state index in [0.717, 1.165) is 12.0 Å². The van der Waals surface area contributed by atoms with Gasteiger partial charge in [-0.25, -0.2) is 4.39 Å². The molecule has 0 amide bonds. The lowest BCUT2D eigenvalue weighted by atomic mass is 10.1. The van der Waals surface area contributed by atoms with E-state index in [2.05, 4.69) is 5.48 Å². The van der Waals surface area contributed by atoms with Crippen molar-refractivity contribution < 1.29 is 9.23 Å². The third-order valence-electron chi connectivity index (χ3n) is 2.08. The van der Waals surface area contributed by atoms with Crippen molar-refractivity contribution in [1.82, 2.24) is 5.48 Å². The molecule has 1 aliphatic rings. The first-order valence-electron chi connectivity index (χ1n) is 4.09. The molecule has 1 aromatic carbocycles. The lowest BCUT2D eigenvalue weighted by molar-refractivity contribution is 0.0882. The quantitative estimate of drug-likeness (QED) is 0.754. The Morgan fingerprint density at radius 2 is 2.38 bits per heavy atom. The molecule has 0 saturated carbocycles. The van der Waals surface area contributed by atoms with E-state index in [0.29, 0.717) is 6.61 Å². The molecular weight excluding hydrogens is 193 g/mol. The fourth-order valence-electron chi connectivity index (χ4n) is 1.36. The molecule has 0 spiro atoms. The van der Waals surface area contributed by atoms with E-state index in [1.54, 1.807) is 12.1 Å². The topological polar surface area (TPSA) is 21.3 Å². The molecular formula is C9H9ClFNO. The number of hydrogen-bond donors (Lipinski definition) is 1. The summed E-state index contributed by atoms with van der Waals surface area (Å²) in [5.41, 5.74) is 3.68. The van der Waals surface area contributed by atoms with Crippen molar-refractivity contribution in [3.63, 3.8) is 0 Å². The standard InChI is InChI=1S/C9H9ClFNO/c10-7-2-1-6(5-8(7)11)9-3-4-13-12-9/h1-2,5,9,12H,3-4H2. The largest absolute Gasteiger partial charge is 0.301 e. The Balaban J connectivity index is 2.25. The van der Waals surface area contributed by atoms with Gasteiger partial charge in [0.25, 0.3) is 0 Å². The minimum atomic E-state index is -0.382. The molecule has 1 unspecified atom stereocenters. The second kappa shape index (κ2) is 3.62. The van der Waals surface area contributed by atoms with Gasteiger partial charge in [0.1, 0.15) is 5.82 Å². The van der Waals surface area contributed by atoms with Gasteiger partial charge in [-0.1, -0.05) is 17.7 Å². The van der Waals surface area contributed by atoms with Crippen molar-refractivity contribution in [2.75, 3.05) is 6.61 Å². The summed E-state index contributed by atoms with van der Waals surface area (Å²) >= 11 is 5.56. The molecule has 4 heteroatoms. The van der Waals surface area contributed by atoms with E-state index < -0.39 is 0 Å². The van der Waals surface area contributed by atoms with Crippen molar-refractivity contribution in [1.29, 1.82) is 0 Å². The van der Waals surface area contributed by atoms with E-state index in [-0.39, 0.29) is 16.9 Å². The highest BCUT2D eigenvalue weighted by Crippen LogP contribution is 2.24. The van der Waals surface area contributed by atoms with E-state index >= 15 is 0 Å². The number of hydroxylamine groups is 1. The highest BCUT2D eigenvalue weighted by Gasteiger charge is 2.17. The Kier molecular flexibility index (Phi) is 2.49. The van der Waals surface area contributed by atoms with Crippen molar-refractivity contribution >= 4 is 11.6 Å². The first-order chi connectivity index (χ1) is 6.27. The Labute approximate surface area is 80.6 Å². The van der Waals surface area contributed by atoms with Gasteiger partial charge in [-0.3, -0.25) is 0 Å². The maximum atomic E-state index is 13.0. The molecule has 1 aromatic rings. The van der Waals surface area contributed by atoms with Crippen molar-refractivity contribution in [2.24, 2.45) is 0 Å². The molecule has 0 bridgehead atoms. The molecule has 2 nitrogen and oxygen atoms in total. The second-order valence-electron chi connectivity index (χ2n) is 2.98. The average Bonchev–Trinajstić information content (AvgIpc) is 2.62. The van der Waals surface area contributed by atoms with E-state index in [1.165, 1.54) is 6.07 Å². The first kappa shape index (κ1) is 8.94. The van der Waals surface area contributed by atoms with Gasteiger partial charge in [-0.2, -0.15) is 5.48 Å². The van der Waals surface area contributed by atoms with Gasteiger partial charge in [0.2, 0.25) is 0 Å². The smallest absolute Gasteiger partial charge is 0.142 e. The lowest BCUT2D eigenvalue weighted by Gasteiger charge is -2.08. The summed E-state index contributed by atoms with van der Waals surface area (Å²) in [6.45, 7) is 0.662. The molecule has 0 radical (unpaired) electrons. The third kappa shape index (κ3) is 1.82. The first-order valence-corrected chi connectivity index (χ1v) is 4.47. The molecule has 2 rings (SSSR count). The van der Waals surface area contributed by atoms with Gasteiger partial charge in [0.15, 0.2) is 0 Å². The minimum Gasteiger partial charge on any atom is -0.301 e. The van der Waals surface area contributed by atoms with Crippen LogP contribution in [-0.4, -0.2) is 6.61 Å². The molecule has 70 valence electrons. The maximum absolute atomic E-state index is 13.0. The fourth-order valence-corrected chi connectivity index (χ4v) is 1.48. The van der Waals surface area contributed by atoms with Gasteiger partial charge in [-0.15, -0.1) is 0 Å². The van der Waals surface area contributed by atoms with Crippen LogP contribution in [0.3, 0.4) is 0 Å². The summed E-state index contributed by atoms with van der Waals surface area (Å²) in [6, 6.07) is 4.89. The predicted molar refractivity (Wildman–Crippen MR) is 47.9 cm³/mol. The van der Waals surface area contributed by atoms with Gasteiger partial charge in [-0.05, 0) is 24.1 Å². The molecule has 1 aliphatic heterocycles. The number of benzene rings is 1. The molecule has 1 atom stereocenters. The number of hydrogen-bond acceptors (Lipinski definition) is 2. The zero-order chi connectivity index (χ0) is 9.26. The zero-order valence-electron chi connectivity index (χ0n) is 6.89. The number of rotatable bonds is 1. The summed E-state index contributed by atoms with van der Waals surface area (Å²) in [5.74, 6) is -0.382. The lowest BCUT2D eigenvalue weighted by Crippen LogP contribution is -2.11. The van der Waals surface area contributed by atoms with Crippen LogP contribution < -0.4 is 5.48 Å². The van der Waals surface area contributed by atoms with E-state index in [9.17, 15) is 4.39 Å². The Bertz CT molecular complexity index is 312. The summed E-state index contributed by atoms with van der Waals surface area (Å²) < 4.78 is 13.0. The van der Waals surface area contributed by atoms with Gasteiger partial charge in [0.05, 0.1) is 17.7 Å². The Morgan fingerprint density at radius 1 is 1.54 bits per heavy atom. The molecule has 1 fully saturated rings. The summed E-state index contributed by atoms with van der Waals surface area (Å²) in [4.78, 5) is 4.98. The Morgan fingerprint density at radius 3 is 3.00 bits per heavy atom. The fraction of sp³-hybridized carbons (Fsp3) is 0.333. The van der Waals surface area contributed by atoms with Gasteiger partial charge < -0.3 is 4.84 Å². The monoisotopic (exact) mass is 201 g/mol. The second-order valence-corrected chi connectivity index (χ2v) is 3.39. The van der Waals surface area contributed by atoms with Crippen molar-refractivity contribution in [3.8, 4) is 0 Å². The minimum absolute atomic E-state index is 0.0896. The molecule has 1 N–H and O–H groups in total. The van der Waals surface area contributed by atoms with Crippen LogP contribution in [-0.2, 0) is 4.84 Å². The maximum Gasteiger partial charge on any atom is 0.142 e. The van der Waals surface area contributed by atoms with Crippen LogP contribution in [0.15, 0.2) is 18.2 Å². The Hall–Kier alpha value is -0.640. The summed E-state index contributed by atoms with van der Waals surface area (Å²) in [5, 5.41) is 0.155. The highest BCUT2D eigenvalue weighted by molar-refractivity contribution is 6.30. The van der Waals surface area contributed by atoms with Crippen molar-refractivity contribution in [2.45, 2.75) is 12.5 Å². The van der Waals surface area contributed by atoms with E-state index in [4.69, 9.17) is 16.4 Å². The third-order valence-corrected chi connectivity index (χ3v) is 2.39. The van der Waals surface area contributed by atoms with Crippen molar-refractivity contribution in [3.05, 3.63) is 34.6 Å². The van der Waals surface area contributed by atoms with Crippen LogP contribution in [0.5, 0.6) is 0 Å². The van der Waals surface area contributed by atoms with Crippen LogP contribution in [0, 0.1) is 5.82 Å². The zero-order valence-corrected chi connectivity index (χ0v) is 7.64. The van der Waals surface area contributed by atoms with Crippen LogP contribution >= 0.6 is 11.6 Å². The molecule has 13 heavy (non-hydrogen) atoms. The predicted octanol–water partition coefficient (Wildman–Crippen LogP) is 2.45. The number of nitrogens with one attached hydrogen (secondary N) is 1. The van der Waals surface area contributed by atoms with Crippen LogP contribution in [0.25, 0.3) is 0 Å². The molecule has 1 heterocycles. The number of halogens is 2. The van der Waals surface area contributed by atoms with Gasteiger partial charge >= 0.3 is 0 Å². The van der Waals surface area contributed by atoms with Crippen LogP contribution in [0.1, 0.15) is 18.0 Å². The van der Waals surface area contributed by atoms with Crippen LogP contribution in [0.4, 0.5) is 4.39 Å². The van der Waals surface area contributed by atoms with Gasteiger partial charge in [0, 0.05) is 0 Å². The van der Waals surface area contributed by atoms with E-state index in [1.807, 2.05) is 0 Å². The SMILES string of the molecule is Fc1cc(C2CCON2)ccc1Cl. The average molecular weight is 202 g/mol. The summed E-state index contributed by atoms with van der Waals surface area (Å²) in [6.07, 6.45) is 0.862. The summed E-state index contributed by atoms with van der Waals surface area (Å²) in [7, 11) is 0.